The number of hydrogen-bond donors (Lipinski definition) is 1. The number of likely N-dealkylation sites (tertiary alicyclic amines) is 1. The van der Waals surface area contributed by atoms with Gasteiger partial charge in [0.25, 0.3) is 0 Å². The van der Waals surface area contributed by atoms with Gasteiger partial charge in [-0.15, -0.1) is 0 Å². The van der Waals surface area contributed by atoms with Crippen LogP contribution < -0.4 is 10.5 Å². The molecule has 2 N–H and O–H groups in total. The van der Waals surface area contributed by atoms with Crippen LogP contribution in [0.4, 0.5) is 0 Å². The smallest absolute Gasteiger partial charge is 0.191 e. The van der Waals surface area contributed by atoms with E-state index in [1.165, 1.54) is 12.8 Å². The molecule has 1 atom stereocenters. The SMILES string of the molecule is CC1CCCN(C(N)=NCc2ccc(OC(C)C)cc2)C1. The number of piperidine rings is 1. The number of nitrogens with two attached hydrogens (primary N) is 1. The Labute approximate surface area is 128 Å². The molecule has 21 heavy (non-hydrogen) atoms. The van der Waals surface area contributed by atoms with Gasteiger partial charge < -0.3 is 15.4 Å². The second kappa shape index (κ2) is 7.34. The lowest BCUT2D eigenvalue weighted by Gasteiger charge is -2.31. The second-order valence-corrected chi connectivity index (χ2v) is 6.18. The van der Waals surface area contributed by atoms with E-state index in [1.807, 2.05) is 38.1 Å². The standard InChI is InChI=1S/C17H27N3O/c1-13(2)21-16-8-6-15(7-9-16)11-19-17(18)20-10-4-5-14(3)12-20/h6-9,13-14H,4-5,10-12H2,1-3H3,(H2,18,19). The molecule has 0 spiro atoms. The molecule has 1 aliphatic rings. The largest absolute Gasteiger partial charge is 0.491 e. The third-order valence-electron chi connectivity index (χ3n) is 3.70. The predicted molar refractivity (Wildman–Crippen MR) is 87.5 cm³/mol. The summed E-state index contributed by atoms with van der Waals surface area (Å²) in [6, 6.07) is 8.08. The van der Waals surface area contributed by atoms with Crippen LogP contribution in [0.5, 0.6) is 5.75 Å². The van der Waals surface area contributed by atoms with Crippen molar-refractivity contribution >= 4 is 5.96 Å². The monoisotopic (exact) mass is 289 g/mol. The van der Waals surface area contributed by atoms with Gasteiger partial charge in [0.15, 0.2) is 5.96 Å². The Morgan fingerprint density at radius 3 is 2.71 bits per heavy atom. The molecule has 1 fully saturated rings. The lowest BCUT2D eigenvalue weighted by atomic mass is 10.0. The van der Waals surface area contributed by atoms with Crippen LogP contribution in [0.1, 0.15) is 39.2 Å². The van der Waals surface area contributed by atoms with Crippen LogP contribution in [-0.2, 0) is 6.54 Å². The number of guanidine groups is 1. The number of nitrogens with zero attached hydrogens (tertiary/aromatic N) is 2. The summed E-state index contributed by atoms with van der Waals surface area (Å²) < 4.78 is 5.63. The molecule has 0 amide bonds. The summed E-state index contributed by atoms with van der Waals surface area (Å²) in [5.74, 6) is 2.28. The Morgan fingerprint density at radius 1 is 1.38 bits per heavy atom. The summed E-state index contributed by atoms with van der Waals surface area (Å²) in [7, 11) is 0. The van der Waals surface area contributed by atoms with Gasteiger partial charge in [0.05, 0.1) is 12.6 Å². The third-order valence-corrected chi connectivity index (χ3v) is 3.70. The number of benzene rings is 1. The van der Waals surface area contributed by atoms with Crippen molar-refractivity contribution in [1.82, 2.24) is 4.90 Å². The molecule has 1 unspecified atom stereocenters. The van der Waals surface area contributed by atoms with Crippen LogP contribution in [0, 0.1) is 5.92 Å². The first-order chi connectivity index (χ1) is 10.0. The van der Waals surface area contributed by atoms with Crippen molar-refractivity contribution in [1.29, 1.82) is 0 Å². The van der Waals surface area contributed by atoms with E-state index in [-0.39, 0.29) is 6.10 Å². The van der Waals surface area contributed by atoms with Crippen molar-refractivity contribution in [3.05, 3.63) is 29.8 Å². The fourth-order valence-electron chi connectivity index (χ4n) is 2.62. The highest BCUT2D eigenvalue weighted by molar-refractivity contribution is 5.78. The maximum atomic E-state index is 6.11. The van der Waals surface area contributed by atoms with E-state index in [4.69, 9.17) is 10.5 Å². The van der Waals surface area contributed by atoms with Crippen molar-refractivity contribution in [3.63, 3.8) is 0 Å². The average molecular weight is 289 g/mol. The van der Waals surface area contributed by atoms with Gasteiger partial charge in [-0.1, -0.05) is 19.1 Å². The quantitative estimate of drug-likeness (QED) is 0.684. The highest BCUT2D eigenvalue weighted by Crippen LogP contribution is 2.16. The molecule has 0 saturated carbocycles. The van der Waals surface area contributed by atoms with Gasteiger partial charge in [-0.25, -0.2) is 4.99 Å². The predicted octanol–water partition coefficient (Wildman–Crippen LogP) is 3.02. The Hall–Kier alpha value is -1.71. The first-order valence-electron chi connectivity index (χ1n) is 7.85. The minimum atomic E-state index is 0.200. The van der Waals surface area contributed by atoms with E-state index in [0.717, 1.165) is 24.4 Å². The minimum Gasteiger partial charge on any atom is -0.491 e. The fourth-order valence-corrected chi connectivity index (χ4v) is 2.62. The van der Waals surface area contributed by atoms with Gasteiger partial charge in [0, 0.05) is 13.1 Å². The van der Waals surface area contributed by atoms with E-state index < -0.39 is 0 Å². The summed E-state index contributed by atoms with van der Waals surface area (Å²) in [5.41, 5.74) is 7.26. The Kier molecular flexibility index (Phi) is 5.48. The lowest BCUT2D eigenvalue weighted by molar-refractivity contribution is 0.242. The summed E-state index contributed by atoms with van der Waals surface area (Å²) in [6.07, 6.45) is 2.70. The maximum absolute atomic E-state index is 6.11. The molecular formula is C17H27N3O. The highest BCUT2D eigenvalue weighted by atomic mass is 16.5. The lowest BCUT2D eigenvalue weighted by Crippen LogP contribution is -2.43. The summed E-state index contributed by atoms with van der Waals surface area (Å²) in [6.45, 7) is 9.00. The van der Waals surface area contributed by atoms with Gasteiger partial charge in [-0.3, -0.25) is 0 Å². The number of hydrogen-bond acceptors (Lipinski definition) is 2. The van der Waals surface area contributed by atoms with Gasteiger partial charge in [0.1, 0.15) is 5.75 Å². The molecule has 1 aliphatic heterocycles. The van der Waals surface area contributed by atoms with Crippen LogP contribution in [0.2, 0.25) is 0 Å². The van der Waals surface area contributed by atoms with Gasteiger partial charge in [-0.05, 0) is 50.3 Å². The van der Waals surface area contributed by atoms with Crippen molar-refractivity contribution in [3.8, 4) is 5.75 Å². The topological polar surface area (TPSA) is 50.8 Å². The van der Waals surface area contributed by atoms with Crippen LogP contribution in [0.15, 0.2) is 29.3 Å². The first kappa shape index (κ1) is 15.7. The molecule has 116 valence electrons. The molecule has 2 rings (SSSR count). The minimum absolute atomic E-state index is 0.200. The Morgan fingerprint density at radius 2 is 2.10 bits per heavy atom. The van der Waals surface area contributed by atoms with Crippen LogP contribution >= 0.6 is 0 Å². The van der Waals surface area contributed by atoms with E-state index in [9.17, 15) is 0 Å². The maximum Gasteiger partial charge on any atom is 0.191 e. The molecule has 0 aromatic heterocycles. The molecular weight excluding hydrogens is 262 g/mol. The van der Waals surface area contributed by atoms with Crippen LogP contribution in [0.25, 0.3) is 0 Å². The summed E-state index contributed by atoms with van der Waals surface area (Å²) in [4.78, 5) is 6.72. The van der Waals surface area contributed by atoms with E-state index in [0.29, 0.717) is 18.4 Å². The Balaban J connectivity index is 1.90. The van der Waals surface area contributed by atoms with E-state index in [1.54, 1.807) is 0 Å². The normalized spacial score (nSPS) is 19.9. The molecule has 1 aromatic carbocycles. The molecule has 0 aliphatic carbocycles. The van der Waals surface area contributed by atoms with E-state index >= 15 is 0 Å². The molecule has 0 bridgehead atoms. The highest BCUT2D eigenvalue weighted by Gasteiger charge is 2.17. The van der Waals surface area contributed by atoms with E-state index in [2.05, 4.69) is 16.8 Å². The zero-order valence-electron chi connectivity index (χ0n) is 13.4. The fraction of sp³-hybridized carbons (Fsp3) is 0.588. The van der Waals surface area contributed by atoms with Gasteiger partial charge in [-0.2, -0.15) is 0 Å². The number of rotatable bonds is 4. The van der Waals surface area contributed by atoms with Crippen LogP contribution in [-0.4, -0.2) is 30.1 Å². The number of aliphatic imine (C=N–C) groups is 1. The average Bonchev–Trinajstić information content (AvgIpc) is 2.45. The first-order valence-corrected chi connectivity index (χ1v) is 7.85. The van der Waals surface area contributed by atoms with Crippen molar-refractivity contribution in [2.24, 2.45) is 16.6 Å². The summed E-state index contributed by atoms with van der Waals surface area (Å²) >= 11 is 0. The summed E-state index contributed by atoms with van der Waals surface area (Å²) in [5, 5.41) is 0. The third kappa shape index (κ3) is 4.96. The van der Waals surface area contributed by atoms with Crippen LogP contribution in [0.3, 0.4) is 0 Å². The van der Waals surface area contributed by atoms with Gasteiger partial charge in [0.2, 0.25) is 0 Å². The zero-order chi connectivity index (χ0) is 15.2. The molecule has 1 saturated heterocycles. The van der Waals surface area contributed by atoms with Crippen molar-refractivity contribution < 1.29 is 4.74 Å². The Bertz CT molecular complexity index is 467. The number of ether oxygens (including phenoxy) is 1. The second-order valence-electron chi connectivity index (χ2n) is 6.18. The zero-order valence-corrected chi connectivity index (χ0v) is 13.4. The molecule has 4 heteroatoms. The van der Waals surface area contributed by atoms with Crippen molar-refractivity contribution in [2.75, 3.05) is 13.1 Å². The molecule has 1 heterocycles. The molecule has 1 aromatic rings. The van der Waals surface area contributed by atoms with Crippen molar-refractivity contribution in [2.45, 2.75) is 46.3 Å². The molecule has 4 nitrogen and oxygen atoms in total. The molecule has 0 radical (unpaired) electrons. The van der Waals surface area contributed by atoms with Gasteiger partial charge >= 0.3 is 0 Å².